The topological polar surface area (TPSA) is 105 Å². The number of nitrogens with one attached hydrogen (secondary N) is 2. The molecule has 22 heavy (non-hydrogen) atoms. The number of carboxylic acids is 1. The minimum Gasteiger partial charge on any atom is -0.482 e. The molecule has 1 fully saturated rings. The average molecular weight is 306 g/mol. The van der Waals surface area contributed by atoms with Gasteiger partial charge in [-0.05, 0) is 24.1 Å². The van der Waals surface area contributed by atoms with Crippen molar-refractivity contribution in [2.45, 2.75) is 19.4 Å². The van der Waals surface area contributed by atoms with Crippen molar-refractivity contribution >= 4 is 17.8 Å². The number of hydrogen-bond donors (Lipinski definition) is 3. The highest BCUT2D eigenvalue weighted by atomic mass is 16.5. The summed E-state index contributed by atoms with van der Waals surface area (Å²) in [6.07, 6.45) is 0.927. The van der Waals surface area contributed by atoms with Crippen molar-refractivity contribution in [3.05, 3.63) is 29.8 Å². The van der Waals surface area contributed by atoms with Gasteiger partial charge in [-0.2, -0.15) is 0 Å². The normalized spacial score (nSPS) is 17.5. The molecule has 1 aliphatic heterocycles. The van der Waals surface area contributed by atoms with Crippen LogP contribution in [-0.2, 0) is 20.9 Å². The minimum atomic E-state index is -1.04. The van der Waals surface area contributed by atoms with Gasteiger partial charge in [-0.1, -0.05) is 12.1 Å². The summed E-state index contributed by atoms with van der Waals surface area (Å²) in [7, 11) is 0. The molecule has 2 amide bonds. The highest BCUT2D eigenvalue weighted by molar-refractivity contribution is 5.83. The maximum absolute atomic E-state index is 12.0. The van der Waals surface area contributed by atoms with Crippen molar-refractivity contribution in [2.24, 2.45) is 5.92 Å². The van der Waals surface area contributed by atoms with E-state index in [0.717, 1.165) is 5.56 Å². The van der Waals surface area contributed by atoms with Gasteiger partial charge in [0.05, 0.1) is 5.92 Å². The van der Waals surface area contributed by atoms with Gasteiger partial charge in [-0.15, -0.1) is 0 Å². The summed E-state index contributed by atoms with van der Waals surface area (Å²) >= 11 is 0. The standard InChI is InChI=1S/C15H18N2O5/c18-13-5-4-11(8-16-13)15(21)17-7-10-2-1-3-12(6-10)22-9-14(19)20/h1-3,6,11H,4-5,7-9H2,(H,16,18)(H,17,21)(H,19,20)/t11-/m1/s1. The predicted molar refractivity (Wildman–Crippen MR) is 77.2 cm³/mol. The Morgan fingerprint density at radius 2 is 2.23 bits per heavy atom. The Labute approximate surface area is 127 Å². The molecular formula is C15H18N2O5. The molecule has 0 spiro atoms. The van der Waals surface area contributed by atoms with E-state index in [4.69, 9.17) is 9.84 Å². The second-order valence-corrected chi connectivity index (χ2v) is 5.09. The molecule has 0 unspecified atom stereocenters. The first kappa shape index (κ1) is 15.8. The molecule has 1 aliphatic rings. The quantitative estimate of drug-likeness (QED) is 0.701. The Hall–Kier alpha value is -2.57. The predicted octanol–water partition coefficient (Wildman–Crippen LogP) is 0.292. The lowest BCUT2D eigenvalue weighted by atomic mass is 9.98. The van der Waals surface area contributed by atoms with Crippen LogP contribution in [0.3, 0.4) is 0 Å². The fourth-order valence-corrected chi connectivity index (χ4v) is 2.18. The van der Waals surface area contributed by atoms with Crippen LogP contribution in [0.4, 0.5) is 0 Å². The SMILES string of the molecule is O=C(O)COc1cccc(CNC(=O)[C@@H]2CCC(=O)NC2)c1. The Bertz CT molecular complexity index is 563. The van der Waals surface area contributed by atoms with Crippen LogP contribution < -0.4 is 15.4 Å². The highest BCUT2D eigenvalue weighted by Gasteiger charge is 2.23. The number of aliphatic carboxylic acids is 1. The van der Waals surface area contributed by atoms with Crippen LogP contribution in [-0.4, -0.2) is 36.0 Å². The lowest BCUT2D eigenvalue weighted by molar-refractivity contribution is -0.139. The lowest BCUT2D eigenvalue weighted by Gasteiger charge is -2.21. The molecule has 0 saturated carbocycles. The van der Waals surface area contributed by atoms with E-state index in [1.54, 1.807) is 18.2 Å². The number of benzene rings is 1. The number of carbonyl (C=O) groups excluding carboxylic acids is 2. The zero-order valence-corrected chi connectivity index (χ0v) is 12.0. The van der Waals surface area contributed by atoms with Gasteiger partial charge in [-0.3, -0.25) is 9.59 Å². The number of ether oxygens (including phenoxy) is 1. The third-order valence-electron chi connectivity index (χ3n) is 3.36. The van der Waals surface area contributed by atoms with Gasteiger partial charge in [0.25, 0.3) is 0 Å². The fourth-order valence-electron chi connectivity index (χ4n) is 2.18. The molecule has 1 aromatic carbocycles. The molecule has 1 heterocycles. The first-order valence-electron chi connectivity index (χ1n) is 7.02. The van der Waals surface area contributed by atoms with Gasteiger partial charge in [0.15, 0.2) is 6.61 Å². The summed E-state index contributed by atoms with van der Waals surface area (Å²) in [5, 5.41) is 14.1. The van der Waals surface area contributed by atoms with Gasteiger partial charge in [-0.25, -0.2) is 4.79 Å². The van der Waals surface area contributed by atoms with E-state index in [1.165, 1.54) is 0 Å². The summed E-state index contributed by atoms with van der Waals surface area (Å²) < 4.78 is 5.08. The zero-order valence-electron chi connectivity index (χ0n) is 12.0. The molecule has 1 saturated heterocycles. The molecule has 7 nitrogen and oxygen atoms in total. The van der Waals surface area contributed by atoms with Crippen LogP contribution in [0.25, 0.3) is 0 Å². The first-order valence-corrected chi connectivity index (χ1v) is 7.02. The Morgan fingerprint density at radius 1 is 1.41 bits per heavy atom. The molecule has 0 radical (unpaired) electrons. The fraction of sp³-hybridized carbons (Fsp3) is 0.400. The van der Waals surface area contributed by atoms with E-state index >= 15 is 0 Å². The average Bonchev–Trinajstić information content (AvgIpc) is 2.52. The van der Waals surface area contributed by atoms with Crippen molar-refractivity contribution in [3.8, 4) is 5.75 Å². The van der Waals surface area contributed by atoms with Crippen molar-refractivity contribution < 1.29 is 24.2 Å². The van der Waals surface area contributed by atoms with Gasteiger partial charge < -0.3 is 20.5 Å². The van der Waals surface area contributed by atoms with Crippen molar-refractivity contribution in [1.82, 2.24) is 10.6 Å². The molecular weight excluding hydrogens is 288 g/mol. The van der Waals surface area contributed by atoms with E-state index in [2.05, 4.69) is 10.6 Å². The summed E-state index contributed by atoms with van der Waals surface area (Å²) in [6.45, 7) is 0.289. The van der Waals surface area contributed by atoms with Crippen molar-refractivity contribution in [2.75, 3.05) is 13.2 Å². The first-order chi connectivity index (χ1) is 10.5. The van der Waals surface area contributed by atoms with Gasteiger partial charge >= 0.3 is 5.97 Å². The summed E-state index contributed by atoms with van der Waals surface area (Å²) in [4.78, 5) is 33.5. The maximum Gasteiger partial charge on any atom is 0.341 e. The Kier molecular flexibility index (Phi) is 5.35. The zero-order chi connectivity index (χ0) is 15.9. The van der Waals surface area contributed by atoms with Crippen LogP contribution >= 0.6 is 0 Å². The van der Waals surface area contributed by atoms with E-state index in [1.807, 2.05) is 6.07 Å². The number of carboxylic acid groups (broad SMARTS) is 1. The maximum atomic E-state index is 12.0. The Balaban J connectivity index is 1.83. The van der Waals surface area contributed by atoms with E-state index in [9.17, 15) is 14.4 Å². The molecule has 118 valence electrons. The van der Waals surface area contributed by atoms with Crippen molar-refractivity contribution in [3.63, 3.8) is 0 Å². The second kappa shape index (κ2) is 7.44. The Morgan fingerprint density at radius 3 is 2.91 bits per heavy atom. The third kappa shape index (κ3) is 4.76. The van der Waals surface area contributed by atoms with E-state index < -0.39 is 12.6 Å². The van der Waals surface area contributed by atoms with Crippen LogP contribution in [0, 0.1) is 5.92 Å². The highest BCUT2D eigenvalue weighted by Crippen LogP contribution is 2.14. The molecule has 1 atom stereocenters. The van der Waals surface area contributed by atoms with Gasteiger partial charge in [0.2, 0.25) is 11.8 Å². The van der Waals surface area contributed by atoms with Crippen LogP contribution in [0.15, 0.2) is 24.3 Å². The number of amides is 2. The van der Waals surface area contributed by atoms with Crippen LogP contribution in [0.5, 0.6) is 5.75 Å². The number of hydrogen-bond acceptors (Lipinski definition) is 4. The smallest absolute Gasteiger partial charge is 0.341 e. The van der Waals surface area contributed by atoms with Crippen LogP contribution in [0.1, 0.15) is 18.4 Å². The van der Waals surface area contributed by atoms with E-state index in [0.29, 0.717) is 31.7 Å². The number of piperidine rings is 1. The number of rotatable bonds is 6. The third-order valence-corrected chi connectivity index (χ3v) is 3.36. The summed E-state index contributed by atoms with van der Waals surface area (Å²) in [5.41, 5.74) is 0.816. The van der Waals surface area contributed by atoms with Crippen molar-refractivity contribution in [1.29, 1.82) is 0 Å². The molecule has 0 bridgehead atoms. The largest absolute Gasteiger partial charge is 0.482 e. The van der Waals surface area contributed by atoms with Gasteiger partial charge in [0, 0.05) is 19.5 Å². The molecule has 7 heteroatoms. The lowest BCUT2D eigenvalue weighted by Crippen LogP contribution is -2.42. The molecule has 0 aliphatic carbocycles. The minimum absolute atomic E-state index is 0.0210. The van der Waals surface area contributed by atoms with E-state index in [-0.39, 0.29) is 17.7 Å². The van der Waals surface area contributed by atoms with Gasteiger partial charge in [0.1, 0.15) is 5.75 Å². The molecule has 3 N–H and O–H groups in total. The molecule has 1 aromatic rings. The monoisotopic (exact) mass is 306 g/mol. The molecule has 2 rings (SSSR count). The van der Waals surface area contributed by atoms with Crippen LogP contribution in [0.2, 0.25) is 0 Å². The second-order valence-electron chi connectivity index (χ2n) is 5.09. The summed E-state index contributed by atoms with van der Waals surface area (Å²) in [6, 6.07) is 6.90. The summed E-state index contributed by atoms with van der Waals surface area (Å²) in [5.74, 6) is -0.925. The number of carbonyl (C=O) groups is 3. The molecule has 0 aromatic heterocycles.